The molecule has 0 heterocycles. The van der Waals surface area contributed by atoms with Crippen molar-refractivity contribution in [3.8, 4) is 17.2 Å². The molecular formula is C23H22N2O5. The van der Waals surface area contributed by atoms with E-state index in [-0.39, 0.29) is 5.56 Å². The minimum atomic E-state index is -1.02. The first-order valence-corrected chi connectivity index (χ1v) is 9.16. The molecule has 0 radical (unpaired) electrons. The van der Waals surface area contributed by atoms with E-state index in [1.165, 1.54) is 6.07 Å². The molecule has 154 valence electrons. The maximum absolute atomic E-state index is 11.3. The van der Waals surface area contributed by atoms with Gasteiger partial charge in [0.1, 0.15) is 23.9 Å². The molecule has 3 aromatic carbocycles. The second kappa shape index (κ2) is 9.97. The molecule has 0 unspecified atom stereocenters. The zero-order valence-electron chi connectivity index (χ0n) is 16.7. The number of hydrogen-bond donors (Lipinski definition) is 2. The molecule has 0 saturated heterocycles. The lowest BCUT2D eigenvalue weighted by atomic mass is 10.1. The van der Waals surface area contributed by atoms with Crippen molar-refractivity contribution in [2.24, 2.45) is 5.10 Å². The Balaban J connectivity index is 1.72. The van der Waals surface area contributed by atoms with Crippen LogP contribution < -0.4 is 19.6 Å². The first kappa shape index (κ1) is 20.7. The number of benzene rings is 3. The lowest BCUT2D eigenvalue weighted by molar-refractivity contribution is 0.0698. The van der Waals surface area contributed by atoms with Gasteiger partial charge in [-0.15, -0.1) is 0 Å². The van der Waals surface area contributed by atoms with Crippen molar-refractivity contribution in [2.75, 3.05) is 19.6 Å². The number of anilines is 1. The second-order valence-electron chi connectivity index (χ2n) is 6.26. The van der Waals surface area contributed by atoms with Crippen LogP contribution in [0.15, 0.2) is 71.8 Å². The highest BCUT2D eigenvalue weighted by Crippen LogP contribution is 2.24. The minimum absolute atomic E-state index is 0.150. The summed E-state index contributed by atoms with van der Waals surface area (Å²) in [7, 11) is 3.20. The van der Waals surface area contributed by atoms with Gasteiger partial charge in [-0.1, -0.05) is 18.2 Å². The Hall–Kier alpha value is -4.00. The number of rotatable bonds is 9. The number of nitrogens with zero attached hydrogens (tertiary/aromatic N) is 1. The van der Waals surface area contributed by atoms with Gasteiger partial charge in [0.2, 0.25) is 0 Å². The van der Waals surface area contributed by atoms with Crippen molar-refractivity contribution >= 4 is 17.9 Å². The molecule has 3 aromatic rings. The molecule has 0 aliphatic heterocycles. The standard InChI is InChI=1S/C23H22N2O5/c1-28-18-6-5-7-19(13-18)30-15-17-12-16(10-11-22(17)29-2)14-24-25-21-9-4-3-8-20(21)23(26)27/h3-14,25H,15H2,1-2H3,(H,26,27). The van der Waals surface area contributed by atoms with Crippen LogP contribution in [0.25, 0.3) is 0 Å². The molecule has 0 aliphatic rings. The van der Waals surface area contributed by atoms with Crippen molar-refractivity contribution in [1.82, 2.24) is 0 Å². The topological polar surface area (TPSA) is 89.4 Å². The van der Waals surface area contributed by atoms with Crippen molar-refractivity contribution in [3.05, 3.63) is 83.4 Å². The van der Waals surface area contributed by atoms with Gasteiger partial charge in [0.05, 0.1) is 31.7 Å². The molecule has 0 atom stereocenters. The molecule has 7 heteroatoms. The molecule has 2 N–H and O–H groups in total. The fraction of sp³-hybridized carbons (Fsp3) is 0.130. The Labute approximate surface area is 174 Å². The maximum Gasteiger partial charge on any atom is 0.337 e. The maximum atomic E-state index is 11.3. The van der Waals surface area contributed by atoms with E-state index < -0.39 is 5.97 Å². The van der Waals surface area contributed by atoms with Gasteiger partial charge in [0.25, 0.3) is 0 Å². The van der Waals surface area contributed by atoms with E-state index >= 15 is 0 Å². The largest absolute Gasteiger partial charge is 0.497 e. The van der Waals surface area contributed by atoms with Crippen LogP contribution in [0.1, 0.15) is 21.5 Å². The number of methoxy groups -OCH3 is 2. The van der Waals surface area contributed by atoms with E-state index in [0.29, 0.717) is 29.5 Å². The summed E-state index contributed by atoms with van der Waals surface area (Å²) in [4.78, 5) is 11.3. The van der Waals surface area contributed by atoms with E-state index in [2.05, 4.69) is 10.5 Å². The van der Waals surface area contributed by atoms with E-state index in [9.17, 15) is 9.90 Å². The average Bonchev–Trinajstić information content (AvgIpc) is 2.78. The normalized spacial score (nSPS) is 10.6. The van der Waals surface area contributed by atoms with Gasteiger partial charge in [0.15, 0.2) is 0 Å². The number of carboxylic acids is 1. The van der Waals surface area contributed by atoms with E-state index in [0.717, 1.165) is 11.1 Å². The molecule has 0 aromatic heterocycles. The van der Waals surface area contributed by atoms with Crippen LogP contribution in [0.2, 0.25) is 0 Å². The van der Waals surface area contributed by atoms with Gasteiger partial charge >= 0.3 is 5.97 Å². The summed E-state index contributed by atoms with van der Waals surface area (Å²) < 4.78 is 16.5. The van der Waals surface area contributed by atoms with Gasteiger partial charge < -0.3 is 19.3 Å². The number of nitrogens with one attached hydrogen (secondary N) is 1. The SMILES string of the molecule is COc1cccc(OCc2cc(C=NNc3ccccc3C(=O)O)ccc2OC)c1. The molecule has 0 bridgehead atoms. The number of carboxylic acid groups (broad SMARTS) is 1. The third kappa shape index (κ3) is 5.29. The summed E-state index contributed by atoms with van der Waals surface area (Å²) in [5.74, 6) is 1.07. The molecular weight excluding hydrogens is 384 g/mol. The summed E-state index contributed by atoms with van der Waals surface area (Å²) in [5, 5.41) is 13.4. The highest BCUT2D eigenvalue weighted by molar-refractivity contribution is 5.94. The molecule has 0 saturated carbocycles. The summed E-state index contributed by atoms with van der Waals surface area (Å²) in [6, 6.07) is 19.5. The summed E-state index contributed by atoms with van der Waals surface area (Å²) in [6.45, 7) is 0.299. The predicted octanol–water partition coefficient (Wildman–Crippen LogP) is 4.43. The van der Waals surface area contributed by atoms with Crippen LogP contribution in [-0.4, -0.2) is 31.5 Å². The third-order valence-corrected chi connectivity index (χ3v) is 4.30. The molecule has 0 fully saturated rings. The van der Waals surface area contributed by atoms with Crippen molar-refractivity contribution in [2.45, 2.75) is 6.61 Å². The number of ether oxygens (including phenoxy) is 3. The highest BCUT2D eigenvalue weighted by atomic mass is 16.5. The first-order chi connectivity index (χ1) is 14.6. The van der Waals surface area contributed by atoms with Crippen LogP contribution in [0.5, 0.6) is 17.2 Å². The van der Waals surface area contributed by atoms with Gasteiger partial charge in [-0.3, -0.25) is 5.43 Å². The minimum Gasteiger partial charge on any atom is -0.497 e. The van der Waals surface area contributed by atoms with Crippen LogP contribution in [0, 0.1) is 0 Å². The Bertz CT molecular complexity index is 1050. The Morgan fingerprint density at radius 2 is 1.80 bits per heavy atom. The molecule has 0 amide bonds. The summed E-state index contributed by atoms with van der Waals surface area (Å²) in [5.41, 5.74) is 4.99. The second-order valence-corrected chi connectivity index (χ2v) is 6.26. The van der Waals surface area contributed by atoms with E-state index in [1.807, 2.05) is 42.5 Å². The average molecular weight is 406 g/mol. The number of aromatic carboxylic acids is 1. The lowest BCUT2D eigenvalue weighted by Crippen LogP contribution is -2.02. The van der Waals surface area contributed by atoms with E-state index in [1.54, 1.807) is 38.6 Å². The number of hydrogen-bond acceptors (Lipinski definition) is 6. The molecule has 30 heavy (non-hydrogen) atoms. The van der Waals surface area contributed by atoms with Gasteiger partial charge in [-0.05, 0) is 48.0 Å². The van der Waals surface area contributed by atoms with Crippen molar-refractivity contribution in [1.29, 1.82) is 0 Å². The summed E-state index contributed by atoms with van der Waals surface area (Å²) >= 11 is 0. The fourth-order valence-corrected chi connectivity index (χ4v) is 2.79. The summed E-state index contributed by atoms with van der Waals surface area (Å²) in [6.07, 6.45) is 1.60. The van der Waals surface area contributed by atoms with Crippen molar-refractivity contribution in [3.63, 3.8) is 0 Å². The number of para-hydroxylation sites is 1. The molecule has 0 spiro atoms. The van der Waals surface area contributed by atoms with Crippen LogP contribution in [-0.2, 0) is 6.61 Å². The monoisotopic (exact) mass is 406 g/mol. The Morgan fingerprint density at radius 3 is 2.57 bits per heavy atom. The predicted molar refractivity (Wildman–Crippen MR) is 115 cm³/mol. The van der Waals surface area contributed by atoms with Crippen LogP contribution in [0.3, 0.4) is 0 Å². The van der Waals surface area contributed by atoms with Crippen molar-refractivity contribution < 1.29 is 24.1 Å². The Kier molecular flexibility index (Phi) is 6.89. The number of carbonyl (C=O) groups is 1. The smallest absolute Gasteiger partial charge is 0.337 e. The van der Waals surface area contributed by atoms with Gasteiger partial charge in [0, 0.05) is 11.6 Å². The third-order valence-electron chi connectivity index (χ3n) is 4.30. The zero-order chi connectivity index (χ0) is 21.3. The zero-order valence-corrected chi connectivity index (χ0v) is 16.7. The molecule has 7 nitrogen and oxygen atoms in total. The lowest BCUT2D eigenvalue weighted by Gasteiger charge is -2.12. The quantitative estimate of drug-likeness (QED) is 0.404. The van der Waals surface area contributed by atoms with Gasteiger partial charge in [-0.2, -0.15) is 5.10 Å². The molecule has 0 aliphatic carbocycles. The van der Waals surface area contributed by atoms with E-state index in [4.69, 9.17) is 14.2 Å². The fourth-order valence-electron chi connectivity index (χ4n) is 2.79. The number of hydrazone groups is 1. The van der Waals surface area contributed by atoms with Gasteiger partial charge in [-0.25, -0.2) is 4.79 Å². The highest BCUT2D eigenvalue weighted by Gasteiger charge is 2.08. The first-order valence-electron chi connectivity index (χ1n) is 9.16. The molecule has 3 rings (SSSR count). The van der Waals surface area contributed by atoms with Crippen LogP contribution in [0.4, 0.5) is 5.69 Å². The van der Waals surface area contributed by atoms with Crippen LogP contribution >= 0.6 is 0 Å². The Morgan fingerprint density at radius 1 is 1.00 bits per heavy atom.